The number of para-hydroxylation sites is 1. The number of nitrogens with zero attached hydrogens (tertiary/aromatic N) is 2. The highest BCUT2D eigenvalue weighted by Gasteiger charge is 2.16. The van der Waals surface area contributed by atoms with E-state index in [1.807, 2.05) is 0 Å². The van der Waals surface area contributed by atoms with Crippen LogP contribution in [0.5, 0.6) is 17.2 Å². The van der Waals surface area contributed by atoms with Crippen molar-refractivity contribution in [2.75, 3.05) is 27.9 Å². The molecule has 0 fully saturated rings. The molecule has 0 aliphatic carbocycles. The van der Waals surface area contributed by atoms with E-state index in [0.29, 0.717) is 17.0 Å². The summed E-state index contributed by atoms with van der Waals surface area (Å²) in [4.78, 5) is 28.5. The highest BCUT2D eigenvalue weighted by atomic mass is 32.1. The van der Waals surface area contributed by atoms with Crippen LogP contribution in [0.1, 0.15) is 0 Å². The van der Waals surface area contributed by atoms with Gasteiger partial charge in [0.2, 0.25) is 0 Å². The van der Waals surface area contributed by atoms with Crippen molar-refractivity contribution in [3.05, 3.63) is 47.0 Å². The maximum atomic E-state index is 13.7. The Labute approximate surface area is 175 Å². The molecule has 10 heteroatoms. The molecule has 2 aromatic carbocycles. The van der Waals surface area contributed by atoms with Crippen molar-refractivity contribution in [3.8, 4) is 17.2 Å². The molecule has 0 bridgehead atoms. The summed E-state index contributed by atoms with van der Waals surface area (Å²) < 4.78 is 36.5. The van der Waals surface area contributed by atoms with Crippen LogP contribution >= 0.6 is 11.3 Å². The van der Waals surface area contributed by atoms with Gasteiger partial charge in [0.1, 0.15) is 6.54 Å². The van der Waals surface area contributed by atoms with Crippen molar-refractivity contribution < 1.29 is 32.9 Å². The summed E-state index contributed by atoms with van der Waals surface area (Å²) in [5, 5.41) is 0. The molecule has 0 saturated heterocycles. The molecule has 0 N–H and O–H groups in total. The number of hydrogen-bond donors (Lipinski definition) is 0. The first-order chi connectivity index (χ1) is 14.5. The van der Waals surface area contributed by atoms with Gasteiger partial charge in [-0.15, -0.1) is 0 Å². The van der Waals surface area contributed by atoms with Crippen LogP contribution in [-0.2, 0) is 20.9 Å². The topological polar surface area (TPSA) is 88.4 Å². The fourth-order valence-electron chi connectivity index (χ4n) is 2.67. The molecule has 1 heterocycles. The molecule has 3 rings (SSSR count). The van der Waals surface area contributed by atoms with Crippen molar-refractivity contribution in [3.63, 3.8) is 0 Å². The van der Waals surface area contributed by atoms with E-state index in [0.717, 1.165) is 4.70 Å². The molecule has 0 atom stereocenters. The third kappa shape index (κ3) is 4.60. The maximum Gasteiger partial charge on any atom is 0.325 e. The van der Waals surface area contributed by atoms with Gasteiger partial charge in [-0.05, 0) is 12.1 Å². The van der Waals surface area contributed by atoms with E-state index < -0.39 is 24.3 Å². The second-order valence-electron chi connectivity index (χ2n) is 5.95. The predicted molar refractivity (Wildman–Crippen MR) is 107 cm³/mol. The summed E-state index contributed by atoms with van der Waals surface area (Å²) in [5.74, 6) is -0.816. The van der Waals surface area contributed by atoms with Crippen molar-refractivity contribution in [2.24, 2.45) is 4.99 Å². The normalized spacial score (nSPS) is 11.4. The van der Waals surface area contributed by atoms with E-state index in [9.17, 15) is 14.0 Å². The molecule has 8 nitrogen and oxygen atoms in total. The van der Waals surface area contributed by atoms with Crippen molar-refractivity contribution >= 4 is 33.4 Å². The van der Waals surface area contributed by atoms with Gasteiger partial charge in [-0.25, -0.2) is 4.39 Å². The molecule has 0 radical (unpaired) electrons. The number of hydrogen-bond acceptors (Lipinski definition) is 7. The molecule has 30 heavy (non-hydrogen) atoms. The highest BCUT2D eigenvalue weighted by molar-refractivity contribution is 7.16. The lowest BCUT2D eigenvalue weighted by Crippen LogP contribution is -2.23. The molecule has 158 valence electrons. The number of carbonyl (C=O) groups is 2. The number of aromatic nitrogens is 1. The van der Waals surface area contributed by atoms with Gasteiger partial charge in [0.15, 0.2) is 34.5 Å². The lowest BCUT2D eigenvalue weighted by Gasteiger charge is -2.09. The highest BCUT2D eigenvalue weighted by Crippen LogP contribution is 2.33. The van der Waals surface area contributed by atoms with Gasteiger partial charge in [0.05, 0.1) is 31.5 Å². The molecule has 0 unspecified atom stereocenters. The zero-order chi connectivity index (χ0) is 21.7. The number of rotatable bonds is 7. The smallest absolute Gasteiger partial charge is 0.325 e. The maximum absolute atomic E-state index is 13.7. The first-order valence-corrected chi connectivity index (χ1v) is 9.55. The summed E-state index contributed by atoms with van der Waals surface area (Å²) in [7, 11) is 4.27. The summed E-state index contributed by atoms with van der Waals surface area (Å²) >= 11 is 1.18. The quantitative estimate of drug-likeness (QED) is 0.531. The molecule has 1 amide bonds. The van der Waals surface area contributed by atoms with Crippen LogP contribution in [-0.4, -0.2) is 44.4 Å². The van der Waals surface area contributed by atoms with Gasteiger partial charge in [0, 0.05) is 12.1 Å². The van der Waals surface area contributed by atoms with Gasteiger partial charge >= 0.3 is 5.97 Å². The Morgan fingerprint density at radius 2 is 1.77 bits per heavy atom. The number of methoxy groups -OCH3 is 3. The lowest BCUT2D eigenvalue weighted by atomic mass is 10.3. The number of halogens is 1. The number of ether oxygens (including phenoxy) is 4. The number of fused-ring (bicyclic) bond motifs is 1. The fourth-order valence-corrected chi connectivity index (χ4v) is 3.73. The van der Waals surface area contributed by atoms with Crippen LogP contribution in [0.4, 0.5) is 4.39 Å². The Bertz CT molecular complexity index is 1150. The summed E-state index contributed by atoms with van der Waals surface area (Å²) in [5.41, 5.74) is 0.615. The van der Waals surface area contributed by atoms with Crippen molar-refractivity contribution in [2.45, 2.75) is 6.54 Å². The second kappa shape index (κ2) is 9.40. The van der Waals surface area contributed by atoms with Crippen LogP contribution in [0.15, 0.2) is 41.4 Å². The lowest BCUT2D eigenvalue weighted by molar-refractivity contribution is -0.141. The SMILES string of the molecule is COC(=O)Cn1c(=NC(=O)COc2ccccc2F)sc2cc(OC)c(OC)cc21. The molecule has 0 aliphatic heterocycles. The minimum atomic E-state index is -0.637. The van der Waals surface area contributed by atoms with Crippen LogP contribution in [0.25, 0.3) is 10.2 Å². The predicted octanol–water partition coefficient (Wildman–Crippen LogP) is 2.54. The van der Waals surface area contributed by atoms with Crippen LogP contribution in [0.2, 0.25) is 0 Å². The van der Waals surface area contributed by atoms with Crippen LogP contribution in [0.3, 0.4) is 0 Å². The van der Waals surface area contributed by atoms with Crippen molar-refractivity contribution in [1.29, 1.82) is 0 Å². The monoisotopic (exact) mass is 434 g/mol. The largest absolute Gasteiger partial charge is 0.493 e. The van der Waals surface area contributed by atoms with Gasteiger partial charge in [0.25, 0.3) is 5.91 Å². The Balaban J connectivity index is 1.99. The molecule has 3 aromatic rings. The van der Waals surface area contributed by atoms with Gasteiger partial charge in [-0.2, -0.15) is 4.99 Å². The van der Waals surface area contributed by atoms with E-state index in [-0.39, 0.29) is 17.1 Å². The Morgan fingerprint density at radius 3 is 2.43 bits per heavy atom. The molecule has 0 aliphatic rings. The van der Waals surface area contributed by atoms with Gasteiger partial charge in [-0.3, -0.25) is 9.59 Å². The van der Waals surface area contributed by atoms with Crippen molar-refractivity contribution in [1.82, 2.24) is 4.57 Å². The van der Waals surface area contributed by atoms with E-state index in [1.165, 1.54) is 55.4 Å². The number of thiazole rings is 1. The van der Waals surface area contributed by atoms with Gasteiger partial charge < -0.3 is 23.5 Å². The minimum Gasteiger partial charge on any atom is -0.493 e. The summed E-state index contributed by atoms with van der Waals surface area (Å²) in [6.07, 6.45) is 0. The standard InChI is InChI=1S/C20H19FN2O6S/c1-26-15-8-13-17(9-16(15)27-2)30-20(23(13)10-19(25)28-3)22-18(24)11-29-14-7-5-4-6-12(14)21/h4-9H,10-11H2,1-3H3. The number of benzene rings is 2. The number of esters is 1. The summed E-state index contributed by atoms with van der Waals surface area (Å²) in [6, 6.07) is 9.17. The fraction of sp³-hybridized carbons (Fsp3) is 0.250. The second-order valence-corrected chi connectivity index (χ2v) is 6.96. The molecular weight excluding hydrogens is 415 g/mol. The Kier molecular flexibility index (Phi) is 6.68. The molecule has 0 spiro atoms. The van der Waals surface area contributed by atoms with Crippen LogP contribution in [0, 0.1) is 5.82 Å². The van der Waals surface area contributed by atoms with E-state index >= 15 is 0 Å². The molecule has 0 saturated carbocycles. The van der Waals surface area contributed by atoms with E-state index in [2.05, 4.69) is 4.99 Å². The third-order valence-corrected chi connectivity index (χ3v) is 5.15. The molecular formula is C20H19FN2O6S. The Hall–Kier alpha value is -3.40. The first-order valence-electron chi connectivity index (χ1n) is 8.74. The minimum absolute atomic E-state index is 0.0469. The molecule has 1 aromatic heterocycles. The number of carbonyl (C=O) groups excluding carboxylic acids is 2. The Morgan fingerprint density at radius 1 is 1.07 bits per heavy atom. The third-order valence-electron chi connectivity index (χ3n) is 4.11. The van der Waals surface area contributed by atoms with Gasteiger partial charge in [-0.1, -0.05) is 23.5 Å². The van der Waals surface area contributed by atoms with E-state index in [1.54, 1.807) is 18.2 Å². The summed E-state index contributed by atoms with van der Waals surface area (Å²) in [6.45, 7) is -0.619. The number of amides is 1. The van der Waals surface area contributed by atoms with E-state index in [4.69, 9.17) is 18.9 Å². The zero-order valence-corrected chi connectivity index (χ0v) is 17.3. The average Bonchev–Trinajstić information content (AvgIpc) is 3.07. The average molecular weight is 434 g/mol. The zero-order valence-electron chi connectivity index (χ0n) is 16.5. The first kappa shape index (κ1) is 21.3. The van der Waals surface area contributed by atoms with Crippen LogP contribution < -0.4 is 19.0 Å².